The first-order valence-electron chi connectivity index (χ1n) is 6.70. The largest absolute Gasteiger partial charge is 0.306 e. The Kier molecular flexibility index (Phi) is 5.03. The van der Waals surface area contributed by atoms with Gasteiger partial charge < -0.3 is 5.32 Å². The molecule has 1 aromatic carbocycles. The van der Waals surface area contributed by atoms with E-state index in [1.807, 2.05) is 6.07 Å². The Balaban J connectivity index is 2.28. The summed E-state index contributed by atoms with van der Waals surface area (Å²) in [5.74, 6) is 0.572. The maximum Gasteiger partial charge on any atom is 0.0931 e. The molecular formula is C16H20ClNS. The van der Waals surface area contributed by atoms with E-state index in [2.05, 4.69) is 56.4 Å². The van der Waals surface area contributed by atoms with Gasteiger partial charge in [-0.25, -0.2) is 0 Å². The summed E-state index contributed by atoms with van der Waals surface area (Å²) >= 11 is 7.69. The Morgan fingerprint density at radius 1 is 1.05 bits per heavy atom. The lowest BCUT2D eigenvalue weighted by Gasteiger charge is -2.18. The molecule has 1 atom stereocenters. The van der Waals surface area contributed by atoms with Crippen molar-refractivity contribution in [2.24, 2.45) is 0 Å². The SMILES string of the molecule is CCNC(c1ccc(C(C)C)cc1)c1ccc(Cl)s1. The lowest BCUT2D eigenvalue weighted by Crippen LogP contribution is -2.21. The zero-order chi connectivity index (χ0) is 13.8. The molecule has 1 aromatic heterocycles. The predicted molar refractivity (Wildman–Crippen MR) is 85.4 cm³/mol. The van der Waals surface area contributed by atoms with E-state index in [9.17, 15) is 0 Å². The van der Waals surface area contributed by atoms with Crippen molar-refractivity contribution in [3.8, 4) is 0 Å². The summed E-state index contributed by atoms with van der Waals surface area (Å²) in [6.45, 7) is 7.50. The molecule has 0 bridgehead atoms. The molecule has 0 amide bonds. The highest BCUT2D eigenvalue weighted by atomic mass is 35.5. The molecule has 2 aromatic rings. The van der Waals surface area contributed by atoms with Gasteiger partial charge in [-0.2, -0.15) is 0 Å². The maximum atomic E-state index is 6.05. The first-order chi connectivity index (χ1) is 9.11. The van der Waals surface area contributed by atoms with Crippen LogP contribution >= 0.6 is 22.9 Å². The van der Waals surface area contributed by atoms with Gasteiger partial charge in [-0.15, -0.1) is 11.3 Å². The molecule has 1 unspecified atom stereocenters. The van der Waals surface area contributed by atoms with Gasteiger partial charge in [-0.3, -0.25) is 0 Å². The van der Waals surface area contributed by atoms with Crippen LogP contribution in [0.5, 0.6) is 0 Å². The fourth-order valence-corrected chi connectivity index (χ4v) is 3.31. The molecule has 1 heterocycles. The highest BCUT2D eigenvalue weighted by molar-refractivity contribution is 7.16. The molecule has 0 spiro atoms. The van der Waals surface area contributed by atoms with Crippen LogP contribution in [-0.2, 0) is 0 Å². The molecule has 0 saturated carbocycles. The van der Waals surface area contributed by atoms with Gasteiger partial charge in [0.2, 0.25) is 0 Å². The van der Waals surface area contributed by atoms with Crippen molar-refractivity contribution in [3.05, 3.63) is 56.7 Å². The first-order valence-corrected chi connectivity index (χ1v) is 7.89. The Labute approximate surface area is 124 Å². The second-order valence-electron chi connectivity index (χ2n) is 4.95. The number of halogens is 1. The Bertz CT molecular complexity index is 516. The third-order valence-corrected chi connectivity index (χ3v) is 4.52. The number of nitrogens with one attached hydrogen (secondary N) is 1. The number of hydrogen-bond donors (Lipinski definition) is 1. The number of benzene rings is 1. The smallest absolute Gasteiger partial charge is 0.0931 e. The molecule has 19 heavy (non-hydrogen) atoms. The van der Waals surface area contributed by atoms with Gasteiger partial charge in [0.1, 0.15) is 0 Å². The summed E-state index contributed by atoms with van der Waals surface area (Å²) in [4.78, 5) is 1.27. The summed E-state index contributed by atoms with van der Waals surface area (Å²) in [6.07, 6.45) is 0. The molecule has 1 N–H and O–H groups in total. The van der Waals surface area contributed by atoms with E-state index in [0.717, 1.165) is 10.9 Å². The van der Waals surface area contributed by atoms with Crippen LogP contribution in [0.2, 0.25) is 4.34 Å². The maximum absolute atomic E-state index is 6.05. The highest BCUT2D eigenvalue weighted by Crippen LogP contribution is 2.31. The second-order valence-corrected chi connectivity index (χ2v) is 6.70. The standard InChI is InChI=1S/C16H20ClNS/c1-4-18-16(14-9-10-15(17)19-14)13-7-5-12(6-8-13)11(2)3/h5-11,16,18H,4H2,1-3H3. The molecule has 1 nitrogen and oxygen atoms in total. The van der Waals surface area contributed by atoms with E-state index in [1.54, 1.807) is 11.3 Å². The van der Waals surface area contributed by atoms with Crippen LogP contribution in [0.4, 0.5) is 0 Å². The van der Waals surface area contributed by atoms with Crippen LogP contribution in [-0.4, -0.2) is 6.54 Å². The lowest BCUT2D eigenvalue weighted by atomic mass is 9.98. The van der Waals surface area contributed by atoms with Gasteiger partial charge in [0, 0.05) is 4.88 Å². The summed E-state index contributed by atoms with van der Waals surface area (Å²) in [7, 11) is 0. The number of thiophene rings is 1. The van der Waals surface area contributed by atoms with Crippen molar-refractivity contribution in [3.63, 3.8) is 0 Å². The Morgan fingerprint density at radius 2 is 1.68 bits per heavy atom. The van der Waals surface area contributed by atoms with E-state index in [0.29, 0.717) is 5.92 Å². The van der Waals surface area contributed by atoms with Crippen molar-refractivity contribution in [2.75, 3.05) is 6.54 Å². The van der Waals surface area contributed by atoms with Gasteiger partial charge in [-0.05, 0) is 35.7 Å². The second kappa shape index (κ2) is 6.56. The van der Waals surface area contributed by atoms with Crippen LogP contribution in [0.1, 0.15) is 48.7 Å². The molecule has 0 aliphatic carbocycles. The first kappa shape index (κ1) is 14.6. The van der Waals surface area contributed by atoms with Crippen LogP contribution in [0, 0.1) is 0 Å². The number of rotatable bonds is 5. The molecule has 0 aliphatic rings. The lowest BCUT2D eigenvalue weighted by molar-refractivity contribution is 0.639. The predicted octanol–water partition coefficient (Wildman–Crippen LogP) is 5.22. The third kappa shape index (κ3) is 3.59. The minimum Gasteiger partial charge on any atom is -0.306 e. The van der Waals surface area contributed by atoms with Crippen molar-refractivity contribution in [1.29, 1.82) is 0 Å². The fourth-order valence-electron chi connectivity index (χ4n) is 2.14. The van der Waals surface area contributed by atoms with Gasteiger partial charge in [-0.1, -0.05) is 56.6 Å². The van der Waals surface area contributed by atoms with E-state index < -0.39 is 0 Å². The van der Waals surface area contributed by atoms with Gasteiger partial charge in [0.05, 0.1) is 10.4 Å². The Hall–Kier alpha value is -0.830. The van der Waals surface area contributed by atoms with Crippen LogP contribution in [0.25, 0.3) is 0 Å². The molecule has 0 aliphatic heterocycles. The molecule has 2 rings (SSSR count). The van der Waals surface area contributed by atoms with E-state index >= 15 is 0 Å². The van der Waals surface area contributed by atoms with Gasteiger partial charge in [0.15, 0.2) is 0 Å². The molecule has 0 fully saturated rings. The molecule has 3 heteroatoms. The quantitative estimate of drug-likeness (QED) is 0.796. The van der Waals surface area contributed by atoms with Crippen molar-refractivity contribution >= 4 is 22.9 Å². The molecule has 0 radical (unpaired) electrons. The topological polar surface area (TPSA) is 12.0 Å². The minimum absolute atomic E-state index is 0.240. The fraction of sp³-hybridized carbons (Fsp3) is 0.375. The highest BCUT2D eigenvalue weighted by Gasteiger charge is 2.15. The van der Waals surface area contributed by atoms with Crippen molar-refractivity contribution in [1.82, 2.24) is 5.32 Å². The van der Waals surface area contributed by atoms with Crippen LogP contribution < -0.4 is 5.32 Å². The van der Waals surface area contributed by atoms with E-state index in [4.69, 9.17) is 11.6 Å². The van der Waals surface area contributed by atoms with Crippen molar-refractivity contribution < 1.29 is 0 Å². The summed E-state index contributed by atoms with van der Waals surface area (Å²) in [5, 5.41) is 3.53. The third-order valence-electron chi connectivity index (χ3n) is 3.22. The molecule has 102 valence electrons. The summed E-state index contributed by atoms with van der Waals surface area (Å²) in [5.41, 5.74) is 2.67. The van der Waals surface area contributed by atoms with Crippen LogP contribution in [0.3, 0.4) is 0 Å². The zero-order valence-electron chi connectivity index (χ0n) is 11.6. The molecule has 0 saturated heterocycles. The monoisotopic (exact) mass is 293 g/mol. The average molecular weight is 294 g/mol. The number of hydrogen-bond acceptors (Lipinski definition) is 2. The van der Waals surface area contributed by atoms with Gasteiger partial charge >= 0.3 is 0 Å². The summed E-state index contributed by atoms with van der Waals surface area (Å²) < 4.78 is 0.844. The normalized spacial score (nSPS) is 12.9. The minimum atomic E-state index is 0.240. The van der Waals surface area contributed by atoms with E-state index in [-0.39, 0.29) is 6.04 Å². The average Bonchev–Trinajstić information content (AvgIpc) is 2.82. The Morgan fingerprint density at radius 3 is 2.16 bits per heavy atom. The zero-order valence-corrected chi connectivity index (χ0v) is 13.2. The van der Waals surface area contributed by atoms with Crippen LogP contribution in [0.15, 0.2) is 36.4 Å². The van der Waals surface area contributed by atoms with Crippen molar-refractivity contribution in [2.45, 2.75) is 32.7 Å². The molecular weight excluding hydrogens is 274 g/mol. The van der Waals surface area contributed by atoms with E-state index in [1.165, 1.54) is 16.0 Å². The van der Waals surface area contributed by atoms with Gasteiger partial charge in [0.25, 0.3) is 0 Å². The summed E-state index contributed by atoms with van der Waals surface area (Å²) in [6, 6.07) is 13.2.